The molecule has 1 aromatic rings. The summed E-state index contributed by atoms with van der Waals surface area (Å²) in [6.07, 6.45) is 1.64. The van der Waals surface area contributed by atoms with Crippen molar-refractivity contribution in [2.75, 3.05) is 19.8 Å². The molecule has 1 aliphatic heterocycles. The van der Waals surface area contributed by atoms with E-state index < -0.39 is 5.97 Å². The Balaban J connectivity index is 1.83. The Morgan fingerprint density at radius 3 is 2.71 bits per heavy atom. The molecule has 0 saturated carbocycles. The first-order valence-electron chi connectivity index (χ1n) is 6.90. The zero-order valence-electron chi connectivity index (χ0n) is 11.9. The number of nitrogens with one attached hydrogen (secondary N) is 1. The molecule has 0 spiro atoms. The summed E-state index contributed by atoms with van der Waals surface area (Å²) in [7, 11) is 0. The Kier molecular flexibility index (Phi) is 5.16. The maximum absolute atomic E-state index is 11.8. The molecule has 1 aromatic carbocycles. The van der Waals surface area contributed by atoms with Gasteiger partial charge in [-0.1, -0.05) is 0 Å². The maximum Gasteiger partial charge on any atom is 0.335 e. The first-order valence-corrected chi connectivity index (χ1v) is 6.90. The van der Waals surface area contributed by atoms with Crippen molar-refractivity contribution in [3.63, 3.8) is 0 Å². The third-order valence-electron chi connectivity index (χ3n) is 3.38. The van der Waals surface area contributed by atoms with Crippen LogP contribution in [0.3, 0.4) is 0 Å². The van der Waals surface area contributed by atoms with Crippen molar-refractivity contribution < 1.29 is 24.2 Å². The molecule has 2 rings (SSSR count). The van der Waals surface area contributed by atoms with Crippen LogP contribution in [-0.2, 0) is 9.53 Å². The second-order valence-electron chi connectivity index (χ2n) is 5.02. The molecular weight excluding hydrogens is 274 g/mol. The quantitative estimate of drug-likeness (QED) is 0.856. The minimum absolute atomic E-state index is 0.0801. The highest BCUT2D eigenvalue weighted by atomic mass is 16.5. The van der Waals surface area contributed by atoms with Gasteiger partial charge in [0.25, 0.3) is 5.91 Å². The number of carboxylic acids is 1. The van der Waals surface area contributed by atoms with Gasteiger partial charge in [-0.3, -0.25) is 4.79 Å². The average molecular weight is 293 g/mol. The molecule has 6 heteroatoms. The number of benzene rings is 1. The van der Waals surface area contributed by atoms with Gasteiger partial charge in [0.1, 0.15) is 5.75 Å². The van der Waals surface area contributed by atoms with E-state index in [4.69, 9.17) is 14.6 Å². The number of ether oxygens (including phenoxy) is 2. The van der Waals surface area contributed by atoms with Crippen LogP contribution in [0.25, 0.3) is 0 Å². The number of hydrogen-bond acceptors (Lipinski definition) is 4. The van der Waals surface area contributed by atoms with Crippen molar-refractivity contribution in [3.8, 4) is 5.75 Å². The molecule has 1 heterocycles. The number of rotatable bonds is 5. The van der Waals surface area contributed by atoms with Gasteiger partial charge in [-0.05, 0) is 43.5 Å². The monoisotopic (exact) mass is 293 g/mol. The number of carbonyl (C=O) groups excluding carboxylic acids is 1. The van der Waals surface area contributed by atoms with Crippen LogP contribution < -0.4 is 10.1 Å². The predicted octanol–water partition coefficient (Wildman–Crippen LogP) is 1.37. The summed E-state index contributed by atoms with van der Waals surface area (Å²) in [5, 5.41) is 11.8. The van der Waals surface area contributed by atoms with Crippen molar-refractivity contribution in [2.45, 2.75) is 25.8 Å². The summed E-state index contributed by atoms with van der Waals surface area (Å²) in [5.41, 5.74) is 0.832. The second-order valence-corrected chi connectivity index (χ2v) is 5.02. The first-order chi connectivity index (χ1) is 10.1. The Morgan fingerprint density at radius 1 is 1.38 bits per heavy atom. The standard InChI is InChI=1S/C15H19NO5/c1-10-8-12(2-3-13(10)15(18)19)21-9-14(17)16-11-4-6-20-7-5-11/h2-3,8,11H,4-7,9H2,1H3,(H,16,17)(H,18,19). The van der Waals surface area contributed by atoms with E-state index in [0.717, 1.165) is 12.8 Å². The molecule has 6 nitrogen and oxygen atoms in total. The number of hydrogen-bond donors (Lipinski definition) is 2. The highest BCUT2D eigenvalue weighted by molar-refractivity contribution is 5.89. The Hall–Kier alpha value is -2.08. The van der Waals surface area contributed by atoms with E-state index in [9.17, 15) is 9.59 Å². The fourth-order valence-corrected chi connectivity index (χ4v) is 2.23. The van der Waals surface area contributed by atoms with Crippen molar-refractivity contribution in [2.24, 2.45) is 0 Å². The summed E-state index contributed by atoms with van der Waals surface area (Å²) in [6, 6.07) is 4.79. The molecule has 1 saturated heterocycles. The Morgan fingerprint density at radius 2 is 2.10 bits per heavy atom. The van der Waals surface area contributed by atoms with Crippen LogP contribution in [0.5, 0.6) is 5.75 Å². The molecule has 0 unspecified atom stereocenters. The molecule has 0 aromatic heterocycles. The van der Waals surface area contributed by atoms with E-state index in [1.165, 1.54) is 6.07 Å². The van der Waals surface area contributed by atoms with Crippen LogP contribution in [0.15, 0.2) is 18.2 Å². The highest BCUT2D eigenvalue weighted by Crippen LogP contribution is 2.17. The van der Waals surface area contributed by atoms with Gasteiger partial charge in [0.15, 0.2) is 6.61 Å². The first kappa shape index (κ1) is 15.3. The van der Waals surface area contributed by atoms with E-state index in [-0.39, 0.29) is 24.1 Å². The molecule has 21 heavy (non-hydrogen) atoms. The zero-order valence-corrected chi connectivity index (χ0v) is 11.9. The summed E-state index contributed by atoms with van der Waals surface area (Å²) >= 11 is 0. The van der Waals surface area contributed by atoms with Crippen LogP contribution in [0.2, 0.25) is 0 Å². The normalized spacial score (nSPS) is 15.5. The van der Waals surface area contributed by atoms with Gasteiger partial charge in [0.05, 0.1) is 5.56 Å². The van der Waals surface area contributed by atoms with Crippen LogP contribution in [0, 0.1) is 6.92 Å². The van der Waals surface area contributed by atoms with Crippen LogP contribution in [0.4, 0.5) is 0 Å². The third-order valence-corrected chi connectivity index (χ3v) is 3.38. The van der Waals surface area contributed by atoms with Crippen LogP contribution >= 0.6 is 0 Å². The molecule has 1 fully saturated rings. The van der Waals surface area contributed by atoms with Crippen molar-refractivity contribution in [1.29, 1.82) is 0 Å². The van der Waals surface area contributed by atoms with E-state index in [0.29, 0.717) is 24.5 Å². The fourth-order valence-electron chi connectivity index (χ4n) is 2.23. The molecule has 0 atom stereocenters. The van der Waals surface area contributed by atoms with Gasteiger partial charge in [-0.15, -0.1) is 0 Å². The topological polar surface area (TPSA) is 84.9 Å². The molecule has 0 bridgehead atoms. The molecule has 1 aliphatic rings. The van der Waals surface area contributed by atoms with Gasteiger partial charge >= 0.3 is 5.97 Å². The second kappa shape index (κ2) is 7.08. The molecule has 1 amide bonds. The van der Waals surface area contributed by atoms with Crippen LogP contribution in [0.1, 0.15) is 28.8 Å². The Bertz CT molecular complexity index is 523. The van der Waals surface area contributed by atoms with E-state index in [1.54, 1.807) is 19.1 Å². The van der Waals surface area contributed by atoms with E-state index >= 15 is 0 Å². The molecule has 2 N–H and O–H groups in total. The molecule has 114 valence electrons. The summed E-state index contributed by atoms with van der Waals surface area (Å²) in [5.74, 6) is -0.669. The number of aryl methyl sites for hydroxylation is 1. The smallest absolute Gasteiger partial charge is 0.335 e. The van der Waals surface area contributed by atoms with Crippen molar-refractivity contribution in [1.82, 2.24) is 5.32 Å². The maximum atomic E-state index is 11.8. The summed E-state index contributed by atoms with van der Waals surface area (Å²) in [4.78, 5) is 22.7. The average Bonchev–Trinajstić information content (AvgIpc) is 2.46. The third kappa shape index (κ3) is 4.46. The number of amides is 1. The van der Waals surface area contributed by atoms with Gasteiger partial charge < -0.3 is 19.9 Å². The largest absolute Gasteiger partial charge is 0.484 e. The minimum atomic E-state index is -0.976. The van der Waals surface area contributed by atoms with E-state index in [2.05, 4.69) is 5.32 Å². The van der Waals surface area contributed by atoms with E-state index in [1.807, 2.05) is 0 Å². The number of carboxylic acid groups (broad SMARTS) is 1. The fraction of sp³-hybridized carbons (Fsp3) is 0.467. The predicted molar refractivity (Wildman–Crippen MR) is 75.6 cm³/mol. The molecular formula is C15H19NO5. The van der Waals surface area contributed by atoms with Crippen molar-refractivity contribution in [3.05, 3.63) is 29.3 Å². The lowest BCUT2D eigenvalue weighted by Gasteiger charge is -2.23. The SMILES string of the molecule is Cc1cc(OCC(=O)NC2CCOCC2)ccc1C(=O)O. The molecule has 0 aliphatic carbocycles. The number of carbonyl (C=O) groups is 2. The zero-order chi connectivity index (χ0) is 15.2. The molecule has 0 radical (unpaired) electrons. The Labute approximate surface area is 123 Å². The minimum Gasteiger partial charge on any atom is -0.484 e. The summed E-state index contributed by atoms with van der Waals surface area (Å²) < 4.78 is 10.6. The van der Waals surface area contributed by atoms with Gasteiger partial charge in [-0.25, -0.2) is 4.79 Å². The lowest BCUT2D eigenvalue weighted by molar-refractivity contribution is -0.124. The lowest BCUT2D eigenvalue weighted by atomic mass is 10.1. The summed E-state index contributed by atoms with van der Waals surface area (Å²) in [6.45, 7) is 2.95. The highest BCUT2D eigenvalue weighted by Gasteiger charge is 2.16. The number of aromatic carboxylic acids is 1. The van der Waals surface area contributed by atoms with Gasteiger partial charge in [0.2, 0.25) is 0 Å². The van der Waals surface area contributed by atoms with Gasteiger partial charge in [0, 0.05) is 19.3 Å². The lowest BCUT2D eigenvalue weighted by Crippen LogP contribution is -2.41. The van der Waals surface area contributed by atoms with Crippen LogP contribution in [-0.4, -0.2) is 42.8 Å². The van der Waals surface area contributed by atoms with Crippen molar-refractivity contribution >= 4 is 11.9 Å². The van der Waals surface area contributed by atoms with Gasteiger partial charge in [-0.2, -0.15) is 0 Å².